The third kappa shape index (κ3) is 6.02. The summed E-state index contributed by atoms with van der Waals surface area (Å²) in [6.45, 7) is 3.94. The minimum absolute atomic E-state index is 0.0917. The highest BCUT2D eigenvalue weighted by Crippen LogP contribution is 2.40. The first-order valence-corrected chi connectivity index (χ1v) is 7.53. The van der Waals surface area contributed by atoms with E-state index in [1.54, 1.807) is 18.2 Å². The van der Waals surface area contributed by atoms with Crippen LogP contribution >= 0.6 is 0 Å². The van der Waals surface area contributed by atoms with Gasteiger partial charge in [0.1, 0.15) is 12.4 Å². The van der Waals surface area contributed by atoms with Gasteiger partial charge in [0.2, 0.25) is 0 Å². The summed E-state index contributed by atoms with van der Waals surface area (Å²) in [5, 5.41) is 28.0. The number of hydrogen-bond acceptors (Lipinski definition) is 5. The Morgan fingerprint density at radius 1 is 1.39 bits per heavy atom. The van der Waals surface area contributed by atoms with Crippen molar-refractivity contribution in [1.82, 2.24) is 5.48 Å². The second kappa shape index (κ2) is 9.29. The zero-order valence-electron chi connectivity index (χ0n) is 13.5. The third-order valence-electron chi connectivity index (χ3n) is 3.64. The van der Waals surface area contributed by atoms with Gasteiger partial charge in [0.15, 0.2) is 0 Å². The molecule has 1 atom stereocenters. The Balaban J connectivity index is 2.76. The minimum Gasteiger partial charge on any atom is -0.491 e. The number of nitrogens with one attached hydrogen (secondary N) is 1. The van der Waals surface area contributed by atoms with Crippen molar-refractivity contribution in [3.63, 3.8) is 0 Å². The van der Waals surface area contributed by atoms with Crippen LogP contribution in [0.25, 0.3) is 0 Å². The predicted molar refractivity (Wildman–Crippen MR) is 86.1 cm³/mol. The molecule has 0 radical (unpaired) electrons. The first-order valence-electron chi connectivity index (χ1n) is 7.53. The SMILES string of the molecule is CC(C)(CC/C=C/C(=O)NO)[C@@H](O)c1ccccc1OCCO. The summed E-state index contributed by atoms with van der Waals surface area (Å²) in [5.41, 5.74) is 1.75. The van der Waals surface area contributed by atoms with Crippen molar-refractivity contribution in [1.29, 1.82) is 0 Å². The average Bonchev–Trinajstić information content (AvgIpc) is 2.56. The first-order chi connectivity index (χ1) is 10.9. The predicted octanol–water partition coefficient (Wildman–Crippen LogP) is 1.96. The number of allylic oxidation sites excluding steroid dienone is 1. The molecule has 1 rings (SSSR count). The third-order valence-corrected chi connectivity index (χ3v) is 3.64. The fourth-order valence-corrected chi connectivity index (χ4v) is 2.23. The maximum atomic E-state index is 10.9. The lowest BCUT2D eigenvalue weighted by Gasteiger charge is -2.31. The van der Waals surface area contributed by atoms with Crippen molar-refractivity contribution in [2.24, 2.45) is 5.41 Å². The van der Waals surface area contributed by atoms with E-state index in [-0.39, 0.29) is 13.2 Å². The molecule has 6 nitrogen and oxygen atoms in total. The van der Waals surface area contributed by atoms with Gasteiger partial charge in [0.25, 0.3) is 5.91 Å². The van der Waals surface area contributed by atoms with Crippen molar-refractivity contribution >= 4 is 5.91 Å². The van der Waals surface area contributed by atoms with Gasteiger partial charge in [-0.05, 0) is 24.3 Å². The van der Waals surface area contributed by atoms with Gasteiger partial charge in [-0.2, -0.15) is 0 Å². The van der Waals surface area contributed by atoms with Gasteiger partial charge in [-0.1, -0.05) is 38.1 Å². The lowest BCUT2D eigenvalue weighted by molar-refractivity contribution is -0.124. The molecule has 23 heavy (non-hydrogen) atoms. The van der Waals surface area contributed by atoms with E-state index in [1.807, 2.05) is 26.0 Å². The molecule has 1 aromatic rings. The second-order valence-corrected chi connectivity index (χ2v) is 5.92. The summed E-state index contributed by atoms with van der Waals surface area (Å²) in [4.78, 5) is 10.9. The van der Waals surface area contributed by atoms with E-state index in [0.717, 1.165) is 0 Å². The minimum atomic E-state index is -0.752. The highest BCUT2D eigenvalue weighted by molar-refractivity contribution is 5.86. The summed E-state index contributed by atoms with van der Waals surface area (Å²) < 4.78 is 5.47. The largest absolute Gasteiger partial charge is 0.491 e. The van der Waals surface area contributed by atoms with Crippen LogP contribution < -0.4 is 10.2 Å². The van der Waals surface area contributed by atoms with Gasteiger partial charge in [-0.15, -0.1) is 0 Å². The molecule has 0 aliphatic carbocycles. The molecular weight excluding hydrogens is 298 g/mol. The monoisotopic (exact) mass is 323 g/mol. The molecule has 0 unspecified atom stereocenters. The van der Waals surface area contributed by atoms with Gasteiger partial charge in [0, 0.05) is 11.6 Å². The fraction of sp³-hybridized carbons (Fsp3) is 0.471. The van der Waals surface area contributed by atoms with E-state index in [2.05, 4.69) is 0 Å². The molecule has 0 aromatic heterocycles. The zero-order chi connectivity index (χ0) is 17.3. The van der Waals surface area contributed by atoms with E-state index in [1.165, 1.54) is 11.6 Å². The lowest BCUT2D eigenvalue weighted by Crippen LogP contribution is -2.23. The highest BCUT2D eigenvalue weighted by Gasteiger charge is 2.30. The van der Waals surface area contributed by atoms with Crippen LogP contribution in [0.15, 0.2) is 36.4 Å². The molecule has 1 aromatic carbocycles. The molecule has 0 aliphatic heterocycles. The number of aliphatic hydroxyl groups is 2. The Kier molecular flexibility index (Phi) is 7.74. The zero-order valence-corrected chi connectivity index (χ0v) is 13.5. The number of rotatable bonds is 9. The maximum absolute atomic E-state index is 10.9. The molecule has 0 spiro atoms. The number of carbonyl (C=O) groups is 1. The van der Waals surface area contributed by atoms with Crippen molar-refractivity contribution in [2.75, 3.05) is 13.2 Å². The molecule has 1 amide bonds. The molecular formula is C17H25NO5. The average molecular weight is 323 g/mol. The van der Waals surface area contributed by atoms with Gasteiger partial charge in [-0.3, -0.25) is 10.0 Å². The molecule has 0 fully saturated rings. The van der Waals surface area contributed by atoms with Gasteiger partial charge in [-0.25, -0.2) is 5.48 Å². The van der Waals surface area contributed by atoms with Crippen LogP contribution in [0.1, 0.15) is 38.4 Å². The number of amides is 1. The lowest BCUT2D eigenvalue weighted by atomic mass is 9.78. The number of hydrogen-bond donors (Lipinski definition) is 4. The second-order valence-electron chi connectivity index (χ2n) is 5.92. The van der Waals surface area contributed by atoms with E-state index < -0.39 is 17.4 Å². The molecule has 4 N–H and O–H groups in total. The van der Waals surface area contributed by atoms with Crippen molar-refractivity contribution in [2.45, 2.75) is 32.8 Å². The van der Waals surface area contributed by atoms with Crippen LogP contribution in [0.5, 0.6) is 5.75 Å². The molecule has 6 heteroatoms. The number of carbonyl (C=O) groups excluding carboxylic acids is 1. The molecule has 128 valence electrons. The van der Waals surface area contributed by atoms with Crippen LogP contribution in [-0.4, -0.2) is 34.5 Å². The van der Waals surface area contributed by atoms with Crippen LogP contribution in [0.2, 0.25) is 0 Å². The molecule has 0 saturated heterocycles. The van der Waals surface area contributed by atoms with Crippen LogP contribution in [0, 0.1) is 5.41 Å². The highest BCUT2D eigenvalue weighted by atomic mass is 16.5. The summed E-state index contributed by atoms with van der Waals surface area (Å²) in [6.07, 6.45) is 3.36. The van der Waals surface area contributed by atoms with Gasteiger partial charge < -0.3 is 14.9 Å². The number of hydroxylamine groups is 1. The van der Waals surface area contributed by atoms with Gasteiger partial charge in [0.05, 0.1) is 12.7 Å². The summed E-state index contributed by atoms with van der Waals surface area (Å²) in [5.74, 6) is -0.0246. The Bertz CT molecular complexity index is 527. The summed E-state index contributed by atoms with van der Waals surface area (Å²) in [6, 6.07) is 7.20. The van der Waals surface area contributed by atoms with E-state index in [4.69, 9.17) is 15.1 Å². The number of aliphatic hydroxyl groups excluding tert-OH is 2. The quantitative estimate of drug-likeness (QED) is 0.316. The number of ether oxygens (including phenoxy) is 1. The number of para-hydroxylation sites is 1. The Hall–Kier alpha value is -1.89. The maximum Gasteiger partial charge on any atom is 0.267 e. The van der Waals surface area contributed by atoms with Crippen LogP contribution in [-0.2, 0) is 4.79 Å². The van der Waals surface area contributed by atoms with E-state index in [9.17, 15) is 9.90 Å². The van der Waals surface area contributed by atoms with Crippen LogP contribution in [0.3, 0.4) is 0 Å². The molecule has 0 saturated carbocycles. The fourth-order valence-electron chi connectivity index (χ4n) is 2.23. The molecule has 0 heterocycles. The van der Waals surface area contributed by atoms with Crippen molar-refractivity contribution in [3.05, 3.63) is 42.0 Å². The summed E-state index contributed by atoms with van der Waals surface area (Å²) in [7, 11) is 0. The Labute approximate surface area is 136 Å². The Morgan fingerprint density at radius 2 is 2.09 bits per heavy atom. The van der Waals surface area contributed by atoms with Crippen molar-refractivity contribution in [3.8, 4) is 5.75 Å². The standard InChI is InChI=1S/C17H25NO5/c1-17(2,10-6-5-9-15(20)18-22)16(21)13-7-3-4-8-14(13)23-12-11-19/h3-5,7-9,16,19,21-22H,6,10-12H2,1-2H3,(H,18,20)/b9-5+/t16-/m0/s1. The smallest absolute Gasteiger partial charge is 0.267 e. The summed E-state index contributed by atoms with van der Waals surface area (Å²) >= 11 is 0. The molecule has 0 aliphatic rings. The first kappa shape index (κ1) is 19.2. The van der Waals surface area contributed by atoms with Crippen LogP contribution in [0.4, 0.5) is 0 Å². The van der Waals surface area contributed by atoms with E-state index >= 15 is 0 Å². The number of benzene rings is 1. The Morgan fingerprint density at radius 3 is 2.74 bits per heavy atom. The topological polar surface area (TPSA) is 99.0 Å². The normalized spacial score (nSPS) is 13.1. The molecule has 0 bridgehead atoms. The van der Waals surface area contributed by atoms with E-state index in [0.29, 0.717) is 24.2 Å². The van der Waals surface area contributed by atoms with Gasteiger partial charge >= 0.3 is 0 Å². The van der Waals surface area contributed by atoms with Crippen molar-refractivity contribution < 1.29 is 25.0 Å².